The Kier molecular flexibility index (Phi) is 2.89. The quantitative estimate of drug-likeness (QED) is 0.659. The predicted octanol–water partition coefficient (Wildman–Crippen LogP) is 2.50. The Bertz CT molecular complexity index is 614. The molecule has 0 radical (unpaired) electrons. The number of aryl methyl sites for hydroxylation is 1. The molecule has 1 aromatic rings. The van der Waals surface area contributed by atoms with E-state index in [-0.39, 0.29) is 46.5 Å². The van der Waals surface area contributed by atoms with Crippen LogP contribution in [0.15, 0.2) is 24.3 Å². The monoisotopic (exact) mass is 349 g/mol. The molecule has 1 heterocycles. The Hall–Kier alpha value is -1.36. The molecule has 4 rings (SSSR count). The number of anilines is 1. The van der Waals surface area contributed by atoms with E-state index in [2.05, 4.69) is 21.2 Å². The molecule has 2 saturated carbocycles. The zero-order chi connectivity index (χ0) is 14.7. The van der Waals surface area contributed by atoms with Gasteiger partial charge in [0.15, 0.2) is 0 Å². The van der Waals surface area contributed by atoms with Crippen molar-refractivity contribution in [2.75, 3.05) is 5.32 Å². The summed E-state index contributed by atoms with van der Waals surface area (Å²) in [5, 5.41) is 2.95. The predicted molar refractivity (Wildman–Crippen MR) is 81.0 cm³/mol. The molecule has 1 aromatic carbocycles. The van der Waals surface area contributed by atoms with Crippen molar-refractivity contribution in [3.8, 4) is 0 Å². The largest absolute Gasteiger partial charge is 0.461 e. The number of halogens is 1. The molecular formula is C16H16BrNO3. The van der Waals surface area contributed by atoms with Crippen LogP contribution < -0.4 is 5.32 Å². The van der Waals surface area contributed by atoms with Crippen LogP contribution in [0.4, 0.5) is 5.69 Å². The van der Waals surface area contributed by atoms with E-state index in [9.17, 15) is 9.59 Å². The minimum Gasteiger partial charge on any atom is -0.461 e. The van der Waals surface area contributed by atoms with Crippen molar-refractivity contribution in [3.63, 3.8) is 0 Å². The normalized spacial score (nSPS) is 39.4. The molecular weight excluding hydrogens is 334 g/mol. The van der Waals surface area contributed by atoms with Crippen molar-refractivity contribution >= 4 is 33.5 Å². The van der Waals surface area contributed by atoms with Gasteiger partial charge >= 0.3 is 5.97 Å². The van der Waals surface area contributed by atoms with Crippen molar-refractivity contribution < 1.29 is 14.3 Å². The SMILES string of the molecule is Cc1ccc(NC(=O)C2C3CC4C(OC(=O)C42)C3Br)cc1. The summed E-state index contributed by atoms with van der Waals surface area (Å²) in [6.07, 6.45) is 0.874. The van der Waals surface area contributed by atoms with Crippen LogP contribution in [0, 0.1) is 30.6 Å². The van der Waals surface area contributed by atoms with Crippen LogP contribution in [0.3, 0.4) is 0 Å². The smallest absolute Gasteiger partial charge is 0.310 e. The van der Waals surface area contributed by atoms with Gasteiger partial charge in [0, 0.05) is 11.6 Å². The van der Waals surface area contributed by atoms with Crippen LogP contribution in [0.5, 0.6) is 0 Å². The topological polar surface area (TPSA) is 55.4 Å². The third-order valence-electron chi connectivity index (χ3n) is 5.14. The van der Waals surface area contributed by atoms with Crippen LogP contribution in [-0.2, 0) is 14.3 Å². The standard InChI is InChI=1S/C16H16BrNO3/c1-7-2-4-8(5-3-7)18-15(19)11-9-6-10-12(11)16(20)21-14(10)13(9)17/h2-5,9-14H,6H2,1H3,(H,18,19). The van der Waals surface area contributed by atoms with Crippen LogP contribution in [-0.4, -0.2) is 22.8 Å². The highest BCUT2D eigenvalue weighted by molar-refractivity contribution is 9.09. The lowest BCUT2D eigenvalue weighted by Crippen LogP contribution is -2.40. The zero-order valence-electron chi connectivity index (χ0n) is 11.6. The van der Waals surface area contributed by atoms with E-state index in [1.807, 2.05) is 31.2 Å². The van der Waals surface area contributed by atoms with Gasteiger partial charge in [-0.2, -0.15) is 0 Å². The van der Waals surface area contributed by atoms with Gasteiger partial charge in [-0.05, 0) is 31.4 Å². The fourth-order valence-corrected chi connectivity index (χ4v) is 5.24. The van der Waals surface area contributed by atoms with Crippen molar-refractivity contribution in [3.05, 3.63) is 29.8 Å². The van der Waals surface area contributed by atoms with E-state index in [1.54, 1.807) is 0 Å². The number of fused-ring (bicyclic) bond motifs is 1. The number of carbonyl (C=O) groups excluding carboxylic acids is 2. The highest BCUT2D eigenvalue weighted by Gasteiger charge is 2.67. The first kappa shape index (κ1) is 13.3. The third kappa shape index (κ3) is 1.86. The third-order valence-corrected chi connectivity index (χ3v) is 6.34. The highest BCUT2D eigenvalue weighted by atomic mass is 79.9. The Morgan fingerprint density at radius 2 is 2.00 bits per heavy atom. The van der Waals surface area contributed by atoms with Crippen LogP contribution in [0.2, 0.25) is 0 Å². The molecule has 6 atom stereocenters. The maximum Gasteiger partial charge on any atom is 0.310 e. The molecule has 1 amide bonds. The van der Waals surface area contributed by atoms with E-state index >= 15 is 0 Å². The van der Waals surface area contributed by atoms with Crippen molar-refractivity contribution in [2.45, 2.75) is 24.3 Å². The van der Waals surface area contributed by atoms with E-state index in [1.165, 1.54) is 0 Å². The van der Waals surface area contributed by atoms with Gasteiger partial charge in [0.1, 0.15) is 6.10 Å². The maximum atomic E-state index is 12.6. The first-order valence-electron chi connectivity index (χ1n) is 7.28. The van der Waals surface area contributed by atoms with Gasteiger partial charge in [-0.25, -0.2) is 0 Å². The highest BCUT2D eigenvalue weighted by Crippen LogP contribution is 2.60. The summed E-state index contributed by atoms with van der Waals surface area (Å²) >= 11 is 3.62. The van der Waals surface area contributed by atoms with E-state index in [4.69, 9.17) is 4.74 Å². The van der Waals surface area contributed by atoms with Gasteiger partial charge in [-0.15, -0.1) is 0 Å². The molecule has 2 aliphatic carbocycles. The van der Waals surface area contributed by atoms with E-state index < -0.39 is 0 Å². The van der Waals surface area contributed by atoms with Crippen LogP contribution >= 0.6 is 15.9 Å². The summed E-state index contributed by atoms with van der Waals surface area (Å²) in [5.74, 6) is -0.370. The van der Waals surface area contributed by atoms with Crippen LogP contribution in [0.25, 0.3) is 0 Å². The minimum atomic E-state index is -0.271. The number of benzene rings is 1. The number of rotatable bonds is 2. The van der Waals surface area contributed by atoms with Gasteiger partial charge in [0.05, 0.1) is 16.7 Å². The summed E-state index contributed by atoms with van der Waals surface area (Å²) < 4.78 is 5.43. The average Bonchev–Trinajstić information content (AvgIpc) is 3.05. The molecule has 0 aromatic heterocycles. The van der Waals surface area contributed by atoms with Gasteiger partial charge in [0.25, 0.3) is 0 Å². The zero-order valence-corrected chi connectivity index (χ0v) is 13.2. The summed E-state index contributed by atoms with van der Waals surface area (Å²) in [5.41, 5.74) is 1.93. The lowest BCUT2D eigenvalue weighted by Gasteiger charge is -2.27. The molecule has 2 bridgehead atoms. The molecule has 3 aliphatic rings. The summed E-state index contributed by atoms with van der Waals surface area (Å²) in [6.45, 7) is 2.01. The Balaban J connectivity index is 1.57. The second-order valence-electron chi connectivity index (χ2n) is 6.32. The molecule has 5 heteroatoms. The summed E-state index contributed by atoms with van der Waals surface area (Å²) in [4.78, 5) is 24.8. The number of nitrogens with one attached hydrogen (secondary N) is 1. The average molecular weight is 350 g/mol. The molecule has 6 unspecified atom stereocenters. The first-order valence-corrected chi connectivity index (χ1v) is 8.20. The number of hydrogen-bond acceptors (Lipinski definition) is 3. The summed E-state index contributed by atoms with van der Waals surface area (Å²) in [6, 6.07) is 7.71. The molecule has 0 spiro atoms. The van der Waals surface area contributed by atoms with Crippen molar-refractivity contribution in [1.29, 1.82) is 0 Å². The van der Waals surface area contributed by atoms with Gasteiger partial charge in [-0.3, -0.25) is 9.59 Å². The number of alkyl halides is 1. The van der Waals surface area contributed by atoms with Crippen molar-refractivity contribution in [1.82, 2.24) is 0 Å². The maximum absolute atomic E-state index is 12.6. The Labute approximate surface area is 131 Å². The summed E-state index contributed by atoms with van der Waals surface area (Å²) in [7, 11) is 0. The van der Waals surface area contributed by atoms with E-state index in [0.29, 0.717) is 0 Å². The lowest BCUT2D eigenvalue weighted by molar-refractivity contribution is -0.145. The molecule has 4 nitrogen and oxygen atoms in total. The van der Waals surface area contributed by atoms with Crippen LogP contribution in [0.1, 0.15) is 12.0 Å². The molecule has 1 saturated heterocycles. The molecule has 3 fully saturated rings. The Morgan fingerprint density at radius 1 is 1.29 bits per heavy atom. The van der Waals surface area contributed by atoms with Gasteiger partial charge in [0.2, 0.25) is 5.91 Å². The lowest BCUT2D eigenvalue weighted by atomic mass is 9.79. The number of hydrogen-bond donors (Lipinski definition) is 1. The second-order valence-corrected chi connectivity index (χ2v) is 7.37. The Morgan fingerprint density at radius 3 is 2.71 bits per heavy atom. The minimum absolute atomic E-state index is 0.0316. The number of carbonyl (C=O) groups is 2. The molecule has 1 aliphatic heterocycles. The second kappa shape index (κ2) is 4.57. The van der Waals surface area contributed by atoms with E-state index in [0.717, 1.165) is 17.7 Å². The molecule has 110 valence electrons. The fourth-order valence-electron chi connectivity index (χ4n) is 4.19. The fraction of sp³-hybridized carbons (Fsp3) is 0.500. The first-order chi connectivity index (χ1) is 10.1. The van der Waals surface area contributed by atoms with Gasteiger partial charge in [-0.1, -0.05) is 33.6 Å². The number of esters is 1. The number of ether oxygens (including phenoxy) is 1. The molecule has 1 N–H and O–H groups in total. The van der Waals surface area contributed by atoms with Gasteiger partial charge < -0.3 is 10.1 Å². The van der Waals surface area contributed by atoms with Crippen molar-refractivity contribution in [2.24, 2.45) is 23.7 Å². The number of amides is 1. The molecule has 21 heavy (non-hydrogen) atoms.